The maximum Gasteiger partial charge on any atom is 0.246 e. The highest BCUT2D eigenvalue weighted by atomic mass is 19.1. The number of likely N-dealkylation sites (tertiary alicyclic amines) is 1. The molecule has 108 valence electrons. The Hall–Kier alpha value is -1.68. The van der Waals surface area contributed by atoms with Crippen molar-refractivity contribution in [1.29, 1.82) is 0 Å². The number of nitrogens with two attached hydrogens (primary N) is 1. The summed E-state index contributed by atoms with van der Waals surface area (Å²) in [6.07, 6.45) is 6.38. The van der Waals surface area contributed by atoms with E-state index in [2.05, 4.69) is 0 Å². The molecule has 1 aliphatic rings. The summed E-state index contributed by atoms with van der Waals surface area (Å²) in [7, 11) is 0. The Balaban J connectivity index is 2.04. The van der Waals surface area contributed by atoms with Gasteiger partial charge in [-0.05, 0) is 50.0 Å². The van der Waals surface area contributed by atoms with E-state index in [1.165, 1.54) is 12.1 Å². The molecular formula is C16H21FN2O. The van der Waals surface area contributed by atoms with Crippen molar-refractivity contribution in [2.24, 2.45) is 5.73 Å². The largest absolute Gasteiger partial charge is 0.335 e. The maximum atomic E-state index is 12.8. The van der Waals surface area contributed by atoms with Crippen molar-refractivity contribution in [3.63, 3.8) is 0 Å². The Kier molecular flexibility index (Phi) is 4.90. The number of amides is 1. The number of piperidine rings is 1. The van der Waals surface area contributed by atoms with Gasteiger partial charge in [0.15, 0.2) is 0 Å². The topological polar surface area (TPSA) is 46.3 Å². The van der Waals surface area contributed by atoms with Crippen molar-refractivity contribution in [2.45, 2.75) is 38.3 Å². The molecule has 20 heavy (non-hydrogen) atoms. The highest BCUT2D eigenvalue weighted by Gasteiger charge is 2.27. The van der Waals surface area contributed by atoms with Crippen LogP contribution >= 0.6 is 0 Å². The number of nitrogens with zero attached hydrogens (tertiary/aromatic N) is 1. The van der Waals surface area contributed by atoms with Crippen molar-refractivity contribution in [1.82, 2.24) is 4.90 Å². The molecule has 0 radical (unpaired) electrons. The van der Waals surface area contributed by atoms with E-state index >= 15 is 0 Å². The minimum absolute atomic E-state index is 0.0153. The summed E-state index contributed by atoms with van der Waals surface area (Å²) in [5.41, 5.74) is 6.77. The number of carbonyl (C=O) groups excluding carboxylic acids is 1. The highest BCUT2D eigenvalue weighted by molar-refractivity contribution is 5.92. The van der Waals surface area contributed by atoms with E-state index in [1.54, 1.807) is 24.3 Å². The summed E-state index contributed by atoms with van der Waals surface area (Å²) in [5.74, 6) is -0.294. The van der Waals surface area contributed by atoms with Gasteiger partial charge < -0.3 is 10.6 Å². The Morgan fingerprint density at radius 1 is 1.40 bits per heavy atom. The van der Waals surface area contributed by atoms with Crippen LogP contribution in [0, 0.1) is 5.82 Å². The van der Waals surface area contributed by atoms with E-state index in [0.29, 0.717) is 0 Å². The molecule has 1 aromatic carbocycles. The number of halogens is 1. The van der Waals surface area contributed by atoms with Crippen molar-refractivity contribution >= 4 is 12.0 Å². The average molecular weight is 276 g/mol. The standard InChI is InChI=1S/C16H21FN2O/c1-12(18)15-4-2-3-11-19(15)16(20)10-7-13-5-8-14(17)9-6-13/h5-10,12,15H,2-4,11,18H2,1H3/b10-7+/t12-,15+/m0/s1. The van der Waals surface area contributed by atoms with Gasteiger partial charge in [-0.1, -0.05) is 12.1 Å². The van der Waals surface area contributed by atoms with Crippen LogP contribution < -0.4 is 5.73 Å². The number of rotatable bonds is 3. The first-order valence-electron chi connectivity index (χ1n) is 7.08. The lowest BCUT2D eigenvalue weighted by atomic mass is 9.97. The lowest BCUT2D eigenvalue weighted by Gasteiger charge is -2.37. The molecule has 0 unspecified atom stereocenters. The molecule has 0 bridgehead atoms. The smallest absolute Gasteiger partial charge is 0.246 e. The first-order valence-corrected chi connectivity index (χ1v) is 7.08. The molecule has 0 spiro atoms. The third kappa shape index (κ3) is 3.67. The zero-order chi connectivity index (χ0) is 14.5. The van der Waals surface area contributed by atoms with E-state index in [1.807, 2.05) is 11.8 Å². The molecule has 1 saturated heterocycles. The fraction of sp³-hybridized carbons (Fsp3) is 0.438. The van der Waals surface area contributed by atoms with Gasteiger partial charge in [-0.15, -0.1) is 0 Å². The van der Waals surface area contributed by atoms with E-state index < -0.39 is 0 Å². The van der Waals surface area contributed by atoms with E-state index in [-0.39, 0.29) is 23.8 Å². The van der Waals surface area contributed by atoms with Crippen LogP contribution in [0.2, 0.25) is 0 Å². The van der Waals surface area contributed by atoms with Crippen molar-refractivity contribution in [3.8, 4) is 0 Å². The third-order valence-electron chi connectivity index (χ3n) is 3.73. The van der Waals surface area contributed by atoms with Gasteiger partial charge in [0, 0.05) is 24.7 Å². The maximum absolute atomic E-state index is 12.8. The van der Waals surface area contributed by atoms with Crippen LogP contribution in [0.4, 0.5) is 4.39 Å². The predicted octanol–water partition coefficient (Wildman–Crippen LogP) is 2.57. The van der Waals surface area contributed by atoms with Crippen molar-refractivity contribution in [3.05, 3.63) is 41.7 Å². The molecule has 1 aromatic rings. The zero-order valence-electron chi connectivity index (χ0n) is 11.8. The molecule has 1 fully saturated rings. The second-order valence-corrected chi connectivity index (χ2v) is 5.34. The van der Waals surface area contributed by atoms with Crippen LogP contribution in [0.3, 0.4) is 0 Å². The Labute approximate surface area is 119 Å². The summed E-state index contributed by atoms with van der Waals surface area (Å²) >= 11 is 0. The van der Waals surface area contributed by atoms with Gasteiger partial charge in [-0.2, -0.15) is 0 Å². The number of carbonyl (C=O) groups is 1. The van der Waals surface area contributed by atoms with Crippen molar-refractivity contribution < 1.29 is 9.18 Å². The van der Waals surface area contributed by atoms with Gasteiger partial charge >= 0.3 is 0 Å². The van der Waals surface area contributed by atoms with Crippen molar-refractivity contribution in [2.75, 3.05) is 6.54 Å². The second-order valence-electron chi connectivity index (χ2n) is 5.34. The minimum atomic E-state index is -0.276. The molecular weight excluding hydrogens is 255 g/mol. The summed E-state index contributed by atoms with van der Waals surface area (Å²) < 4.78 is 12.8. The van der Waals surface area contributed by atoms with Crippen LogP contribution in [0.5, 0.6) is 0 Å². The quantitative estimate of drug-likeness (QED) is 0.862. The first-order chi connectivity index (χ1) is 9.58. The van der Waals surface area contributed by atoms with Gasteiger partial charge in [0.2, 0.25) is 5.91 Å². The molecule has 0 aliphatic carbocycles. The summed E-state index contributed by atoms with van der Waals surface area (Å²) in [5, 5.41) is 0. The van der Waals surface area contributed by atoms with Crippen LogP contribution in [0.15, 0.2) is 30.3 Å². The van der Waals surface area contributed by atoms with Gasteiger partial charge in [-0.25, -0.2) is 4.39 Å². The van der Waals surface area contributed by atoms with Gasteiger partial charge in [0.25, 0.3) is 0 Å². The van der Waals surface area contributed by atoms with Gasteiger partial charge in [-0.3, -0.25) is 4.79 Å². The molecule has 2 rings (SSSR count). The first kappa shape index (κ1) is 14.7. The van der Waals surface area contributed by atoms with Crippen LogP contribution in [0.1, 0.15) is 31.7 Å². The van der Waals surface area contributed by atoms with Crippen LogP contribution in [0.25, 0.3) is 6.08 Å². The molecule has 4 heteroatoms. The lowest BCUT2D eigenvalue weighted by Crippen LogP contribution is -2.51. The van der Waals surface area contributed by atoms with Crippen LogP contribution in [-0.2, 0) is 4.79 Å². The number of hydrogen-bond acceptors (Lipinski definition) is 2. The summed E-state index contributed by atoms with van der Waals surface area (Å²) in [4.78, 5) is 14.1. The summed E-state index contributed by atoms with van der Waals surface area (Å²) in [6, 6.07) is 6.18. The number of hydrogen-bond donors (Lipinski definition) is 1. The zero-order valence-corrected chi connectivity index (χ0v) is 11.8. The fourth-order valence-electron chi connectivity index (χ4n) is 2.61. The van der Waals surface area contributed by atoms with Crippen LogP contribution in [-0.4, -0.2) is 29.4 Å². The monoisotopic (exact) mass is 276 g/mol. The van der Waals surface area contributed by atoms with Gasteiger partial charge in [0.05, 0.1) is 0 Å². The lowest BCUT2D eigenvalue weighted by molar-refractivity contribution is -0.129. The predicted molar refractivity (Wildman–Crippen MR) is 78.4 cm³/mol. The second kappa shape index (κ2) is 6.66. The molecule has 0 saturated carbocycles. The molecule has 1 heterocycles. The Morgan fingerprint density at radius 2 is 2.10 bits per heavy atom. The molecule has 2 atom stereocenters. The van der Waals surface area contributed by atoms with E-state index in [4.69, 9.17) is 5.73 Å². The molecule has 1 aliphatic heterocycles. The van der Waals surface area contributed by atoms with E-state index in [0.717, 1.165) is 31.4 Å². The molecule has 1 amide bonds. The Bertz CT molecular complexity index is 482. The average Bonchev–Trinajstić information content (AvgIpc) is 2.46. The SMILES string of the molecule is C[C@H](N)[C@H]1CCCCN1C(=O)/C=C/c1ccc(F)cc1. The minimum Gasteiger partial charge on any atom is -0.335 e. The van der Waals surface area contributed by atoms with E-state index in [9.17, 15) is 9.18 Å². The highest BCUT2D eigenvalue weighted by Crippen LogP contribution is 2.19. The molecule has 3 nitrogen and oxygen atoms in total. The Morgan fingerprint density at radius 3 is 2.75 bits per heavy atom. The summed E-state index contributed by atoms with van der Waals surface area (Å²) in [6.45, 7) is 2.71. The van der Waals surface area contributed by atoms with Gasteiger partial charge in [0.1, 0.15) is 5.82 Å². The normalized spacial score (nSPS) is 21.1. The molecule has 0 aromatic heterocycles. The molecule has 2 N–H and O–H groups in total. The third-order valence-corrected chi connectivity index (χ3v) is 3.73. The fourth-order valence-corrected chi connectivity index (χ4v) is 2.61. The number of benzene rings is 1.